The molecule has 0 saturated carbocycles. The number of carboxylic acid groups (broad SMARTS) is 1. The smallest absolute Gasteiger partial charge is 0.0715 e. The number of benzene rings is 1. The zero-order valence-electron chi connectivity index (χ0n) is 10.2. The van der Waals surface area contributed by atoms with Crippen LogP contribution in [0.5, 0.6) is 0 Å². The highest BCUT2D eigenvalue weighted by Crippen LogP contribution is 2.35. The van der Waals surface area contributed by atoms with Gasteiger partial charge in [0.25, 0.3) is 0 Å². The van der Waals surface area contributed by atoms with E-state index in [-0.39, 0.29) is 11.0 Å². The molecule has 0 unspecified atom stereocenters. The van der Waals surface area contributed by atoms with Crippen LogP contribution in [0.2, 0.25) is 0 Å². The molecule has 0 aliphatic carbocycles. The molecule has 0 fully saturated rings. The quantitative estimate of drug-likeness (QED) is 0.763. The van der Waals surface area contributed by atoms with E-state index in [0.29, 0.717) is 0 Å². The van der Waals surface area contributed by atoms with Crippen LogP contribution in [0.4, 0.5) is 0 Å². The SMILES string of the molecule is CCC(CC)(CC)c1cccc(C(=O)[O-])c1. The van der Waals surface area contributed by atoms with Crippen molar-refractivity contribution in [2.45, 2.75) is 45.4 Å². The molecule has 88 valence electrons. The van der Waals surface area contributed by atoms with Crippen LogP contribution < -0.4 is 5.11 Å². The van der Waals surface area contributed by atoms with Crippen molar-refractivity contribution >= 4 is 5.97 Å². The first kappa shape index (κ1) is 12.8. The monoisotopic (exact) mass is 219 g/mol. The van der Waals surface area contributed by atoms with Crippen molar-refractivity contribution in [3.05, 3.63) is 35.4 Å². The maximum Gasteiger partial charge on any atom is 0.0715 e. The fourth-order valence-electron chi connectivity index (χ4n) is 2.34. The number of carbonyl (C=O) groups is 1. The zero-order valence-corrected chi connectivity index (χ0v) is 10.2. The zero-order chi connectivity index (χ0) is 12.2. The van der Waals surface area contributed by atoms with Gasteiger partial charge >= 0.3 is 0 Å². The van der Waals surface area contributed by atoms with Gasteiger partial charge in [0.05, 0.1) is 5.97 Å². The van der Waals surface area contributed by atoms with Gasteiger partial charge in [-0.05, 0) is 41.9 Å². The van der Waals surface area contributed by atoms with Gasteiger partial charge in [-0.1, -0.05) is 39.0 Å². The molecular formula is C14H19O2-. The summed E-state index contributed by atoms with van der Waals surface area (Å²) in [7, 11) is 0. The normalized spacial score (nSPS) is 11.4. The maximum absolute atomic E-state index is 10.8. The lowest BCUT2D eigenvalue weighted by Gasteiger charge is -2.31. The summed E-state index contributed by atoms with van der Waals surface area (Å²) in [5, 5.41) is 10.8. The summed E-state index contributed by atoms with van der Waals surface area (Å²) in [6.45, 7) is 6.45. The summed E-state index contributed by atoms with van der Waals surface area (Å²) < 4.78 is 0. The van der Waals surface area contributed by atoms with Crippen LogP contribution in [0.1, 0.15) is 56.0 Å². The van der Waals surface area contributed by atoms with Crippen molar-refractivity contribution in [2.75, 3.05) is 0 Å². The molecule has 0 aliphatic rings. The van der Waals surface area contributed by atoms with Gasteiger partial charge in [-0.15, -0.1) is 0 Å². The molecule has 0 atom stereocenters. The minimum absolute atomic E-state index is 0.103. The van der Waals surface area contributed by atoms with E-state index in [1.165, 1.54) is 0 Å². The summed E-state index contributed by atoms with van der Waals surface area (Å²) in [4.78, 5) is 10.8. The Bertz CT molecular complexity index is 356. The van der Waals surface area contributed by atoms with Crippen molar-refractivity contribution in [3.8, 4) is 0 Å². The molecule has 1 aromatic carbocycles. The molecule has 0 bridgehead atoms. The van der Waals surface area contributed by atoms with Crippen LogP contribution >= 0.6 is 0 Å². The molecule has 0 amide bonds. The van der Waals surface area contributed by atoms with Gasteiger partial charge in [-0.25, -0.2) is 0 Å². The van der Waals surface area contributed by atoms with Gasteiger partial charge < -0.3 is 9.90 Å². The summed E-state index contributed by atoms with van der Waals surface area (Å²) in [6, 6.07) is 7.16. The Hall–Kier alpha value is -1.31. The second kappa shape index (κ2) is 5.15. The second-order valence-corrected chi connectivity index (χ2v) is 4.21. The van der Waals surface area contributed by atoms with Crippen molar-refractivity contribution in [1.82, 2.24) is 0 Å². The van der Waals surface area contributed by atoms with Gasteiger partial charge in [-0.2, -0.15) is 0 Å². The van der Waals surface area contributed by atoms with Gasteiger partial charge in [0.15, 0.2) is 0 Å². The van der Waals surface area contributed by atoms with E-state index in [9.17, 15) is 9.90 Å². The van der Waals surface area contributed by atoms with Crippen molar-refractivity contribution in [1.29, 1.82) is 0 Å². The highest BCUT2D eigenvalue weighted by molar-refractivity contribution is 5.86. The molecular weight excluding hydrogens is 200 g/mol. The lowest BCUT2D eigenvalue weighted by molar-refractivity contribution is -0.255. The molecule has 0 N–H and O–H groups in total. The molecule has 2 nitrogen and oxygen atoms in total. The first-order valence-corrected chi connectivity index (χ1v) is 5.91. The molecule has 0 radical (unpaired) electrons. The maximum atomic E-state index is 10.8. The Balaban J connectivity index is 3.20. The highest BCUT2D eigenvalue weighted by atomic mass is 16.4. The molecule has 1 rings (SSSR count). The van der Waals surface area contributed by atoms with E-state index in [1.54, 1.807) is 18.2 Å². The van der Waals surface area contributed by atoms with E-state index in [1.807, 2.05) is 6.07 Å². The average Bonchev–Trinajstić information content (AvgIpc) is 2.32. The third kappa shape index (κ3) is 2.26. The van der Waals surface area contributed by atoms with E-state index in [4.69, 9.17) is 0 Å². The standard InChI is InChI=1S/C14H20O2/c1-4-14(5-2,6-3)12-9-7-8-11(10-12)13(15)16/h7-10H,4-6H2,1-3H3,(H,15,16)/p-1. The third-order valence-corrected chi connectivity index (χ3v) is 3.74. The van der Waals surface area contributed by atoms with Crippen LogP contribution in [-0.2, 0) is 5.41 Å². The second-order valence-electron chi connectivity index (χ2n) is 4.21. The van der Waals surface area contributed by atoms with E-state index in [2.05, 4.69) is 20.8 Å². The van der Waals surface area contributed by atoms with Gasteiger partial charge in [0.1, 0.15) is 0 Å². The first-order valence-electron chi connectivity index (χ1n) is 5.91. The Kier molecular flexibility index (Phi) is 4.11. The van der Waals surface area contributed by atoms with Crippen LogP contribution in [0.3, 0.4) is 0 Å². The summed E-state index contributed by atoms with van der Waals surface area (Å²) in [5.41, 5.74) is 1.49. The minimum atomic E-state index is -1.10. The number of carboxylic acids is 1. The molecule has 0 heterocycles. The van der Waals surface area contributed by atoms with E-state index < -0.39 is 5.97 Å². The van der Waals surface area contributed by atoms with Crippen LogP contribution in [0.25, 0.3) is 0 Å². The molecule has 1 aromatic rings. The largest absolute Gasteiger partial charge is 0.545 e. The Morgan fingerprint density at radius 1 is 1.19 bits per heavy atom. The number of rotatable bonds is 5. The molecule has 0 saturated heterocycles. The first-order chi connectivity index (χ1) is 7.59. The minimum Gasteiger partial charge on any atom is -0.545 e. The van der Waals surface area contributed by atoms with Crippen molar-refractivity contribution in [3.63, 3.8) is 0 Å². The van der Waals surface area contributed by atoms with Crippen LogP contribution in [0.15, 0.2) is 24.3 Å². The predicted molar refractivity (Wildman–Crippen MR) is 63.3 cm³/mol. The number of carbonyl (C=O) groups excluding carboxylic acids is 1. The lowest BCUT2D eigenvalue weighted by Crippen LogP contribution is -2.26. The highest BCUT2D eigenvalue weighted by Gasteiger charge is 2.26. The predicted octanol–water partition coefficient (Wildman–Crippen LogP) is 2.52. The van der Waals surface area contributed by atoms with E-state index >= 15 is 0 Å². The Morgan fingerprint density at radius 3 is 2.19 bits per heavy atom. The number of hydrogen-bond acceptors (Lipinski definition) is 2. The van der Waals surface area contributed by atoms with Crippen LogP contribution in [-0.4, -0.2) is 5.97 Å². The molecule has 0 spiro atoms. The van der Waals surface area contributed by atoms with E-state index in [0.717, 1.165) is 24.8 Å². The summed E-state index contributed by atoms with van der Waals surface area (Å²) >= 11 is 0. The molecule has 0 aliphatic heterocycles. The number of aromatic carboxylic acids is 1. The molecule has 16 heavy (non-hydrogen) atoms. The Morgan fingerprint density at radius 2 is 1.75 bits per heavy atom. The fraction of sp³-hybridized carbons (Fsp3) is 0.500. The van der Waals surface area contributed by atoms with Crippen LogP contribution in [0, 0.1) is 0 Å². The third-order valence-electron chi connectivity index (χ3n) is 3.74. The topological polar surface area (TPSA) is 40.1 Å². The summed E-state index contributed by atoms with van der Waals surface area (Å²) in [5.74, 6) is -1.10. The van der Waals surface area contributed by atoms with Crippen molar-refractivity contribution in [2.24, 2.45) is 0 Å². The number of hydrogen-bond donors (Lipinski definition) is 0. The molecule has 2 heteroatoms. The van der Waals surface area contributed by atoms with Gasteiger partial charge in [0, 0.05) is 0 Å². The van der Waals surface area contributed by atoms with Gasteiger partial charge in [0.2, 0.25) is 0 Å². The summed E-state index contributed by atoms with van der Waals surface area (Å²) in [6.07, 6.45) is 3.07. The average molecular weight is 219 g/mol. The Labute approximate surface area is 97.3 Å². The molecule has 0 aromatic heterocycles. The van der Waals surface area contributed by atoms with Crippen molar-refractivity contribution < 1.29 is 9.90 Å². The lowest BCUT2D eigenvalue weighted by atomic mass is 9.73. The fourth-order valence-corrected chi connectivity index (χ4v) is 2.34. The van der Waals surface area contributed by atoms with Gasteiger partial charge in [-0.3, -0.25) is 0 Å².